The van der Waals surface area contributed by atoms with Gasteiger partial charge in [0.1, 0.15) is 17.1 Å². The molecule has 1 aliphatic rings. The maximum Gasteiger partial charge on any atom is 0.287 e. The molecule has 3 aromatic rings. The monoisotopic (exact) mass is 451 g/mol. The summed E-state index contributed by atoms with van der Waals surface area (Å²) in [7, 11) is 1.44. The van der Waals surface area contributed by atoms with Crippen LogP contribution < -0.4 is 15.8 Å². The Morgan fingerprint density at radius 2 is 1.88 bits per heavy atom. The van der Waals surface area contributed by atoms with Gasteiger partial charge in [0.15, 0.2) is 11.3 Å². The highest BCUT2D eigenvalue weighted by molar-refractivity contribution is 6.11. The number of piperidine rings is 1. The third kappa shape index (κ3) is 4.52. The lowest BCUT2D eigenvalue weighted by atomic mass is 10.0. The van der Waals surface area contributed by atoms with Gasteiger partial charge in [0.25, 0.3) is 11.8 Å². The average molecular weight is 452 g/mol. The van der Waals surface area contributed by atoms with E-state index in [0.717, 1.165) is 32.5 Å². The number of aryl methyl sites for hydroxylation is 2. The number of aromatic hydroxyl groups is 1. The second-order valence-corrected chi connectivity index (χ2v) is 8.61. The summed E-state index contributed by atoms with van der Waals surface area (Å²) in [6.45, 7) is 6.45. The third-order valence-corrected chi connectivity index (χ3v) is 6.27. The summed E-state index contributed by atoms with van der Waals surface area (Å²) in [6, 6.07) is 9.87. The summed E-state index contributed by atoms with van der Waals surface area (Å²) >= 11 is 0. The molecule has 4 N–H and O–H groups in total. The molecule has 0 spiro atoms. The first-order valence-corrected chi connectivity index (χ1v) is 11.0. The molecule has 33 heavy (non-hydrogen) atoms. The molecule has 1 saturated heterocycles. The molecule has 1 aliphatic heterocycles. The minimum Gasteiger partial charge on any atom is -0.507 e. The predicted molar refractivity (Wildman–Crippen MR) is 125 cm³/mol. The van der Waals surface area contributed by atoms with E-state index in [1.54, 1.807) is 6.92 Å². The summed E-state index contributed by atoms with van der Waals surface area (Å²) < 4.78 is 11.1. The van der Waals surface area contributed by atoms with Gasteiger partial charge in [-0.1, -0.05) is 29.8 Å². The number of furan rings is 1. The van der Waals surface area contributed by atoms with Crippen LogP contribution in [-0.4, -0.2) is 48.1 Å². The molecule has 0 aliphatic carbocycles. The first kappa shape index (κ1) is 22.7. The van der Waals surface area contributed by atoms with E-state index in [0.29, 0.717) is 16.7 Å². The molecule has 1 aromatic heterocycles. The summed E-state index contributed by atoms with van der Waals surface area (Å²) in [5.74, 6) is -1.18. The zero-order valence-corrected chi connectivity index (χ0v) is 19.1. The Morgan fingerprint density at radius 3 is 2.48 bits per heavy atom. The number of hydrogen-bond donors (Lipinski definition) is 3. The quantitative estimate of drug-likeness (QED) is 0.529. The number of carbonyl (C=O) groups excluding carboxylic acids is 2. The van der Waals surface area contributed by atoms with E-state index >= 15 is 0 Å². The van der Waals surface area contributed by atoms with Crippen molar-refractivity contribution in [3.8, 4) is 11.5 Å². The summed E-state index contributed by atoms with van der Waals surface area (Å²) in [5.41, 5.74) is 8.36. The van der Waals surface area contributed by atoms with Gasteiger partial charge in [-0.2, -0.15) is 0 Å². The van der Waals surface area contributed by atoms with E-state index in [2.05, 4.69) is 41.4 Å². The van der Waals surface area contributed by atoms with E-state index in [9.17, 15) is 14.7 Å². The molecule has 1 fully saturated rings. The van der Waals surface area contributed by atoms with Crippen molar-refractivity contribution in [3.63, 3.8) is 0 Å². The Bertz CT molecular complexity index is 1190. The molecule has 0 bridgehead atoms. The van der Waals surface area contributed by atoms with Gasteiger partial charge in [0, 0.05) is 37.3 Å². The van der Waals surface area contributed by atoms with Crippen LogP contribution in [0.3, 0.4) is 0 Å². The molecular formula is C25H29N3O5. The molecule has 2 amide bonds. The second-order valence-electron chi connectivity index (χ2n) is 8.61. The number of rotatable bonds is 6. The molecule has 0 radical (unpaired) electrons. The Kier molecular flexibility index (Phi) is 6.29. The van der Waals surface area contributed by atoms with Crippen LogP contribution in [0, 0.1) is 13.8 Å². The Hall–Kier alpha value is -3.52. The fourth-order valence-electron chi connectivity index (χ4n) is 4.42. The number of phenols is 1. The van der Waals surface area contributed by atoms with Gasteiger partial charge in [-0.15, -0.1) is 0 Å². The van der Waals surface area contributed by atoms with E-state index < -0.39 is 5.91 Å². The van der Waals surface area contributed by atoms with Crippen LogP contribution >= 0.6 is 0 Å². The number of likely N-dealkylation sites (tertiary alicyclic amines) is 1. The molecule has 4 rings (SSSR count). The molecule has 0 saturated carbocycles. The van der Waals surface area contributed by atoms with Crippen LogP contribution in [-0.2, 0) is 6.54 Å². The summed E-state index contributed by atoms with van der Waals surface area (Å²) in [5, 5.41) is 13.7. The number of fused-ring (bicyclic) bond motifs is 1. The Labute approximate surface area is 192 Å². The van der Waals surface area contributed by atoms with Gasteiger partial charge in [-0.25, -0.2) is 0 Å². The summed E-state index contributed by atoms with van der Waals surface area (Å²) in [6.07, 6.45) is 1.65. The fourth-order valence-corrected chi connectivity index (χ4v) is 4.42. The number of hydrogen-bond acceptors (Lipinski definition) is 6. The number of carbonyl (C=O) groups is 2. The molecule has 174 valence electrons. The smallest absolute Gasteiger partial charge is 0.287 e. The van der Waals surface area contributed by atoms with Crippen LogP contribution in [0.2, 0.25) is 0 Å². The van der Waals surface area contributed by atoms with Crippen molar-refractivity contribution >= 4 is 22.8 Å². The topological polar surface area (TPSA) is 118 Å². The normalized spacial score (nSPS) is 15.0. The Morgan fingerprint density at radius 1 is 1.21 bits per heavy atom. The highest BCUT2D eigenvalue weighted by atomic mass is 16.5. The van der Waals surface area contributed by atoms with E-state index in [1.165, 1.54) is 24.3 Å². The number of primary amides is 1. The first-order chi connectivity index (χ1) is 15.8. The lowest BCUT2D eigenvalue weighted by molar-refractivity contribution is 0.0880. The van der Waals surface area contributed by atoms with Gasteiger partial charge in [0.05, 0.1) is 12.5 Å². The number of amides is 2. The number of methoxy groups -OCH3 is 1. The first-order valence-electron chi connectivity index (χ1n) is 11.0. The standard InChI is InChI=1S/C25H29N3O5/c1-14-4-6-16(7-5-14)13-28-10-8-17(9-11-28)27-25(31)22-15(2)20-19(32-3)12-18(29)21(24(26)30)23(20)33-22/h4-7,12,17,29H,8-11,13H2,1-3H3,(H2,26,30)(H,27,31). The van der Waals surface area contributed by atoms with Crippen molar-refractivity contribution in [2.24, 2.45) is 5.73 Å². The van der Waals surface area contributed by atoms with Crippen molar-refractivity contribution in [2.45, 2.75) is 39.3 Å². The van der Waals surface area contributed by atoms with Crippen molar-refractivity contribution in [3.05, 3.63) is 58.3 Å². The van der Waals surface area contributed by atoms with E-state index in [1.807, 2.05) is 0 Å². The van der Waals surface area contributed by atoms with Crippen molar-refractivity contribution < 1.29 is 23.8 Å². The lowest BCUT2D eigenvalue weighted by Gasteiger charge is -2.32. The lowest BCUT2D eigenvalue weighted by Crippen LogP contribution is -2.44. The SMILES string of the molecule is COc1cc(O)c(C(N)=O)c2oc(C(=O)NC3CCN(Cc4ccc(C)cc4)CC3)c(C)c12. The highest BCUT2D eigenvalue weighted by Crippen LogP contribution is 2.40. The summed E-state index contributed by atoms with van der Waals surface area (Å²) in [4.78, 5) is 27.3. The van der Waals surface area contributed by atoms with Gasteiger partial charge in [-0.05, 0) is 32.3 Å². The van der Waals surface area contributed by atoms with Crippen LogP contribution in [0.25, 0.3) is 11.0 Å². The zero-order valence-electron chi connectivity index (χ0n) is 19.1. The van der Waals surface area contributed by atoms with Crippen molar-refractivity contribution in [1.82, 2.24) is 10.2 Å². The van der Waals surface area contributed by atoms with Crippen LogP contribution in [0.5, 0.6) is 11.5 Å². The van der Waals surface area contributed by atoms with Crippen molar-refractivity contribution in [2.75, 3.05) is 20.2 Å². The van der Waals surface area contributed by atoms with Crippen molar-refractivity contribution in [1.29, 1.82) is 0 Å². The predicted octanol–water partition coefficient (Wildman–Crippen LogP) is 3.26. The molecule has 8 nitrogen and oxygen atoms in total. The molecule has 2 aromatic carbocycles. The molecule has 0 atom stereocenters. The van der Waals surface area contributed by atoms with E-state index in [4.69, 9.17) is 14.9 Å². The number of benzene rings is 2. The fraction of sp³-hybridized carbons (Fsp3) is 0.360. The molecular weight excluding hydrogens is 422 g/mol. The molecule has 8 heteroatoms. The highest BCUT2D eigenvalue weighted by Gasteiger charge is 2.28. The minimum absolute atomic E-state index is 0.0188. The van der Waals surface area contributed by atoms with Crippen LogP contribution in [0.4, 0.5) is 0 Å². The largest absolute Gasteiger partial charge is 0.507 e. The van der Waals surface area contributed by atoms with Gasteiger partial charge in [0.2, 0.25) is 0 Å². The second kappa shape index (κ2) is 9.15. The van der Waals surface area contributed by atoms with Gasteiger partial charge < -0.3 is 25.3 Å². The average Bonchev–Trinajstić information content (AvgIpc) is 3.12. The number of nitrogens with two attached hydrogens (primary N) is 1. The third-order valence-electron chi connectivity index (χ3n) is 6.27. The number of nitrogens with one attached hydrogen (secondary N) is 1. The minimum atomic E-state index is -0.846. The number of nitrogens with zero attached hydrogens (tertiary/aromatic N) is 1. The maximum atomic E-state index is 13.0. The van der Waals surface area contributed by atoms with Gasteiger partial charge in [-0.3, -0.25) is 14.5 Å². The van der Waals surface area contributed by atoms with E-state index in [-0.39, 0.29) is 34.6 Å². The maximum absolute atomic E-state index is 13.0. The van der Waals surface area contributed by atoms with Gasteiger partial charge >= 0.3 is 0 Å². The number of ether oxygens (including phenoxy) is 1. The Balaban J connectivity index is 1.47. The van der Waals surface area contributed by atoms with Crippen LogP contribution in [0.1, 0.15) is 50.4 Å². The molecule has 2 heterocycles. The van der Waals surface area contributed by atoms with Crippen LogP contribution in [0.15, 0.2) is 34.7 Å². The molecule has 0 unspecified atom stereocenters. The zero-order chi connectivity index (χ0) is 23.7.